The number of morpholine rings is 1. The lowest BCUT2D eigenvalue weighted by atomic mass is 9.71. The van der Waals surface area contributed by atoms with Crippen molar-refractivity contribution in [3.63, 3.8) is 0 Å². The number of nitrogens with two attached hydrogens (primary N) is 1. The van der Waals surface area contributed by atoms with Crippen LogP contribution in [0.5, 0.6) is 0 Å². The van der Waals surface area contributed by atoms with Crippen molar-refractivity contribution >= 4 is 5.91 Å². The van der Waals surface area contributed by atoms with Gasteiger partial charge in [0.2, 0.25) is 5.91 Å². The van der Waals surface area contributed by atoms with E-state index in [-0.39, 0.29) is 11.3 Å². The van der Waals surface area contributed by atoms with E-state index in [1.54, 1.807) is 0 Å². The maximum atomic E-state index is 12.5. The molecule has 1 heterocycles. The number of carbonyl (C=O) groups is 1. The van der Waals surface area contributed by atoms with Crippen molar-refractivity contribution < 1.29 is 9.53 Å². The minimum absolute atomic E-state index is 0.0283. The number of carbonyl (C=O) groups excluding carboxylic acids is 1. The lowest BCUT2D eigenvalue weighted by Crippen LogP contribution is -2.38. The van der Waals surface area contributed by atoms with Gasteiger partial charge in [0.15, 0.2) is 0 Å². The Hall–Kier alpha value is -1.43. The maximum Gasteiger partial charge on any atom is 0.220 e. The fourth-order valence-corrected chi connectivity index (χ4v) is 4.21. The smallest absolute Gasteiger partial charge is 0.220 e. The van der Waals surface area contributed by atoms with E-state index in [0.717, 1.165) is 51.3 Å². The third-order valence-corrected chi connectivity index (χ3v) is 5.87. The van der Waals surface area contributed by atoms with Gasteiger partial charge in [-0.1, -0.05) is 43.5 Å². The van der Waals surface area contributed by atoms with Crippen LogP contribution in [0.3, 0.4) is 0 Å². The minimum Gasteiger partial charge on any atom is -0.379 e. The molecule has 1 saturated carbocycles. The summed E-state index contributed by atoms with van der Waals surface area (Å²) in [5.41, 5.74) is 8.49. The SMILES string of the molecule is NCC1(CC(=O)NCc2cccc(CN3CCOCC3)c2)CCCCC1. The van der Waals surface area contributed by atoms with Gasteiger partial charge >= 0.3 is 0 Å². The van der Waals surface area contributed by atoms with Crippen molar-refractivity contribution in [3.8, 4) is 0 Å². The topological polar surface area (TPSA) is 67.6 Å². The molecular weight excluding hydrogens is 326 g/mol. The summed E-state index contributed by atoms with van der Waals surface area (Å²) >= 11 is 0. The average molecular weight is 360 g/mol. The van der Waals surface area contributed by atoms with Crippen LogP contribution in [-0.2, 0) is 22.6 Å². The number of amides is 1. The van der Waals surface area contributed by atoms with Crippen molar-refractivity contribution in [2.24, 2.45) is 11.1 Å². The van der Waals surface area contributed by atoms with E-state index in [4.69, 9.17) is 10.5 Å². The van der Waals surface area contributed by atoms with E-state index in [1.807, 2.05) is 0 Å². The molecule has 1 aromatic rings. The molecule has 5 heteroatoms. The van der Waals surface area contributed by atoms with E-state index in [2.05, 4.69) is 34.5 Å². The molecule has 2 fully saturated rings. The number of ether oxygens (including phenoxy) is 1. The highest BCUT2D eigenvalue weighted by Crippen LogP contribution is 2.38. The zero-order valence-electron chi connectivity index (χ0n) is 15.8. The fourth-order valence-electron chi connectivity index (χ4n) is 4.21. The first-order chi connectivity index (χ1) is 12.7. The van der Waals surface area contributed by atoms with Gasteiger partial charge in [0, 0.05) is 32.6 Å². The number of nitrogens with zero attached hydrogens (tertiary/aromatic N) is 1. The Labute approximate surface area is 157 Å². The third-order valence-electron chi connectivity index (χ3n) is 5.87. The van der Waals surface area contributed by atoms with Crippen LogP contribution < -0.4 is 11.1 Å². The number of nitrogens with one attached hydrogen (secondary N) is 1. The summed E-state index contributed by atoms with van der Waals surface area (Å²) in [6, 6.07) is 8.53. The van der Waals surface area contributed by atoms with Crippen LogP contribution in [0.2, 0.25) is 0 Å². The number of hydrogen-bond donors (Lipinski definition) is 2. The van der Waals surface area contributed by atoms with Crippen LogP contribution in [0.1, 0.15) is 49.7 Å². The van der Waals surface area contributed by atoms with E-state index in [1.165, 1.54) is 24.8 Å². The lowest BCUT2D eigenvalue weighted by molar-refractivity contribution is -0.124. The summed E-state index contributed by atoms with van der Waals surface area (Å²) in [7, 11) is 0. The zero-order valence-corrected chi connectivity index (χ0v) is 15.8. The molecular formula is C21H33N3O2. The summed E-state index contributed by atoms with van der Waals surface area (Å²) in [4.78, 5) is 14.9. The fraction of sp³-hybridized carbons (Fsp3) is 0.667. The van der Waals surface area contributed by atoms with Gasteiger partial charge in [-0.3, -0.25) is 9.69 Å². The van der Waals surface area contributed by atoms with E-state index in [0.29, 0.717) is 19.5 Å². The monoisotopic (exact) mass is 359 g/mol. The van der Waals surface area contributed by atoms with Gasteiger partial charge in [-0.05, 0) is 35.9 Å². The molecule has 0 aromatic heterocycles. The third kappa shape index (κ3) is 5.53. The molecule has 5 nitrogen and oxygen atoms in total. The summed E-state index contributed by atoms with van der Waals surface area (Å²) in [5.74, 6) is 0.135. The first-order valence-corrected chi connectivity index (χ1v) is 10.0. The summed E-state index contributed by atoms with van der Waals surface area (Å²) in [6.45, 7) is 5.77. The zero-order chi connectivity index (χ0) is 18.2. The van der Waals surface area contributed by atoms with Gasteiger partial charge in [0.1, 0.15) is 0 Å². The normalized spacial score (nSPS) is 20.7. The van der Waals surface area contributed by atoms with Crippen molar-refractivity contribution in [3.05, 3.63) is 35.4 Å². The second-order valence-electron chi connectivity index (χ2n) is 7.93. The molecule has 1 aliphatic carbocycles. The Balaban J connectivity index is 1.49. The maximum absolute atomic E-state index is 12.5. The molecule has 26 heavy (non-hydrogen) atoms. The van der Waals surface area contributed by atoms with Crippen LogP contribution >= 0.6 is 0 Å². The number of rotatable bonds is 7. The first kappa shape index (κ1) is 19.3. The molecule has 2 aliphatic rings. The minimum atomic E-state index is 0.0283. The molecule has 0 radical (unpaired) electrons. The first-order valence-electron chi connectivity index (χ1n) is 10.0. The molecule has 144 valence electrons. The summed E-state index contributed by atoms with van der Waals surface area (Å²) < 4.78 is 5.41. The molecule has 0 bridgehead atoms. The Kier molecular flexibility index (Phi) is 7.06. The van der Waals surface area contributed by atoms with Gasteiger partial charge in [-0.15, -0.1) is 0 Å². The lowest BCUT2D eigenvalue weighted by Gasteiger charge is -2.35. The van der Waals surface area contributed by atoms with Crippen LogP contribution in [0.4, 0.5) is 0 Å². The van der Waals surface area contributed by atoms with E-state index in [9.17, 15) is 4.79 Å². The summed E-state index contributed by atoms with van der Waals surface area (Å²) in [5, 5.41) is 3.11. The van der Waals surface area contributed by atoms with Crippen LogP contribution in [0.15, 0.2) is 24.3 Å². The molecule has 0 spiro atoms. The highest BCUT2D eigenvalue weighted by Gasteiger charge is 2.32. The van der Waals surface area contributed by atoms with Gasteiger partial charge in [0.05, 0.1) is 13.2 Å². The van der Waals surface area contributed by atoms with Crippen molar-refractivity contribution in [1.29, 1.82) is 0 Å². The largest absolute Gasteiger partial charge is 0.379 e. The molecule has 1 aliphatic heterocycles. The Bertz CT molecular complexity index is 578. The highest BCUT2D eigenvalue weighted by molar-refractivity contribution is 5.76. The van der Waals surface area contributed by atoms with E-state index < -0.39 is 0 Å². The Morgan fingerprint density at radius 3 is 2.62 bits per heavy atom. The van der Waals surface area contributed by atoms with Crippen molar-refractivity contribution in [1.82, 2.24) is 10.2 Å². The van der Waals surface area contributed by atoms with Crippen molar-refractivity contribution in [2.75, 3.05) is 32.8 Å². The number of benzene rings is 1. The highest BCUT2D eigenvalue weighted by atomic mass is 16.5. The Morgan fingerprint density at radius 2 is 1.88 bits per heavy atom. The van der Waals surface area contributed by atoms with Crippen LogP contribution in [0, 0.1) is 5.41 Å². The second-order valence-corrected chi connectivity index (χ2v) is 7.93. The predicted molar refractivity (Wildman–Crippen MR) is 104 cm³/mol. The number of hydrogen-bond acceptors (Lipinski definition) is 4. The van der Waals surface area contributed by atoms with Gasteiger partial charge in [-0.25, -0.2) is 0 Å². The molecule has 1 amide bonds. The van der Waals surface area contributed by atoms with Crippen LogP contribution in [0.25, 0.3) is 0 Å². The second kappa shape index (κ2) is 9.49. The molecule has 3 rings (SSSR count). The van der Waals surface area contributed by atoms with E-state index >= 15 is 0 Å². The summed E-state index contributed by atoms with van der Waals surface area (Å²) in [6.07, 6.45) is 6.43. The molecule has 0 unspecified atom stereocenters. The molecule has 1 saturated heterocycles. The molecule has 3 N–H and O–H groups in total. The molecule has 0 atom stereocenters. The predicted octanol–water partition coefficient (Wildman–Crippen LogP) is 2.43. The quantitative estimate of drug-likeness (QED) is 0.785. The van der Waals surface area contributed by atoms with Gasteiger partial charge < -0.3 is 15.8 Å². The molecule has 1 aromatic carbocycles. The van der Waals surface area contributed by atoms with Crippen LogP contribution in [-0.4, -0.2) is 43.7 Å². The van der Waals surface area contributed by atoms with Gasteiger partial charge in [0.25, 0.3) is 0 Å². The van der Waals surface area contributed by atoms with Crippen molar-refractivity contribution in [2.45, 2.75) is 51.6 Å². The average Bonchev–Trinajstić information content (AvgIpc) is 2.68. The standard InChI is InChI=1S/C21H33N3O2/c22-17-21(7-2-1-3-8-21)14-20(25)23-15-18-5-4-6-19(13-18)16-24-9-11-26-12-10-24/h4-6,13H,1-3,7-12,14-17,22H2,(H,23,25). The Morgan fingerprint density at radius 1 is 1.15 bits per heavy atom. The van der Waals surface area contributed by atoms with Gasteiger partial charge in [-0.2, -0.15) is 0 Å².